The zero-order valence-electron chi connectivity index (χ0n) is 11.6. The van der Waals surface area contributed by atoms with Gasteiger partial charge in [0.1, 0.15) is 0 Å². The second kappa shape index (κ2) is 5.51. The average Bonchev–Trinajstić information content (AvgIpc) is 3.09. The van der Waals surface area contributed by atoms with Crippen molar-refractivity contribution in [1.82, 2.24) is 20.2 Å². The molecule has 0 amide bonds. The van der Waals surface area contributed by atoms with Crippen molar-refractivity contribution in [3.63, 3.8) is 0 Å². The Morgan fingerprint density at radius 1 is 1.29 bits per heavy atom. The third-order valence-corrected chi connectivity index (χ3v) is 3.90. The lowest BCUT2D eigenvalue weighted by Gasteiger charge is -2.28. The van der Waals surface area contributed by atoms with Gasteiger partial charge in [0, 0.05) is 0 Å². The number of hydrogen-bond donors (Lipinski definition) is 2. The van der Waals surface area contributed by atoms with Gasteiger partial charge in [-0.1, -0.05) is 36.1 Å². The van der Waals surface area contributed by atoms with Crippen molar-refractivity contribution in [3.05, 3.63) is 30.3 Å². The molecular formula is C14H17N5O2. The molecule has 1 aromatic carbocycles. The Bertz CT molecular complexity index is 619. The fourth-order valence-electron chi connectivity index (χ4n) is 2.93. The molecule has 0 atom stereocenters. The second-order valence-corrected chi connectivity index (χ2v) is 5.43. The van der Waals surface area contributed by atoms with Crippen molar-refractivity contribution in [2.24, 2.45) is 0 Å². The second-order valence-electron chi connectivity index (χ2n) is 5.43. The molecule has 0 aliphatic heterocycles. The highest BCUT2D eigenvalue weighted by molar-refractivity contribution is 5.69. The third kappa shape index (κ3) is 2.86. The number of carboxylic acid groups (broad SMARTS) is 1. The van der Waals surface area contributed by atoms with Gasteiger partial charge in [0.2, 0.25) is 5.95 Å². The van der Waals surface area contributed by atoms with Gasteiger partial charge in [-0.25, -0.2) is 0 Å². The van der Waals surface area contributed by atoms with Crippen LogP contribution >= 0.6 is 0 Å². The monoisotopic (exact) mass is 287 g/mol. The predicted molar refractivity (Wildman–Crippen MR) is 76.2 cm³/mol. The van der Waals surface area contributed by atoms with Gasteiger partial charge in [0.25, 0.3) is 0 Å². The number of carbonyl (C=O) groups is 1. The number of hydrogen-bond acceptors (Lipinski definition) is 5. The molecule has 0 spiro atoms. The van der Waals surface area contributed by atoms with E-state index in [0.29, 0.717) is 5.95 Å². The van der Waals surface area contributed by atoms with E-state index in [9.17, 15) is 4.79 Å². The number of nitrogens with one attached hydrogen (secondary N) is 1. The zero-order valence-corrected chi connectivity index (χ0v) is 11.6. The van der Waals surface area contributed by atoms with E-state index in [0.717, 1.165) is 31.4 Å². The van der Waals surface area contributed by atoms with Gasteiger partial charge >= 0.3 is 5.97 Å². The van der Waals surface area contributed by atoms with E-state index in [1.807, 2.05) is 30.3 Å². The number of benzene rings is 1. The van der Waals surface area contributed by atoms with Crippen LogP contribution in [0.5, 0.6) is 0 Å². The van der Waals surface area contributed by atoms with Gasteiger partial charge in [-0.2, -0.15) is 4.68 Å². The van der Waals surface area contributed by atoms with Crippen LogP contribution in [0.25, 0.3) is 5.69 Å². The van der Waals surface area contributed by atoms with Crippen molar-refractivity contribution in [2.75, 3.05) is 5.32 Å². The Morgan fingerprint density at radius 2 is 2.00 bits per heavy atom. The molecular weight excluding hydrogens is 270 g/mol. The summed E-state index contributed by atoms with van der Waals surface area (Å²) >= 11 is 0. The molecule has 21 heavy (non-hydrogen) atoms. The molecule has 1 heterocycles. The van der Waals surface area contributed by atoms with E-state index < -0.39 is 11.5 Å². The van der Waals surface area contributed by atoms with Crippen LogP contribution in [0.3, 0.4) is 0 Å². The molecule has 0 saturated heterocycles. The lowest BCUT2D eigenvalue weighted by atomic mass is 9.93. The summed E-state index contributed by atoms with van der Waals surface area (Å²) in [7, 11) is 0. The van der Waals surface area contributed by atoms with Gasteiger partial charge in [-0.05, 0) is 35.4 Å². The summed E-state index contributed by atoms with van der Waals surface area (Å²) in [6, 6.07) is 9.54. The summed E-state index contributed by atoms with van der Waals surface area (Å²) in [6.45, 7) is 0. The molecule has 7 heteroatoms. The first-order valence-electron chi connectivity index (χ1n) is 7.02. The standard InChI is InChI=1S/C14H17N5O2/c20-12(21)10-14(8-4-5-9-14)15-13-16-17-18-19(13)11-6-2-1-3-7-11/h1-3,6-7H,4-5,8-10H2,(H,20,21)(H,15,16,18). The summed E-state index contributed by atoms with van der Waals surface area (Å²) in [5, 5.41) is 24.1. The number of aliphatic carboxylic acids is 1. The molecule has 2 aromatic rings. The van der Waals surface area contributed by atoms with E-state index >= 15 is 0 Å². The predicted octanol–water partition coefficient (Wildman–Crippen LogP) is 1.86. The summed E-state index contributed by atoms with van der Waals surface area (Å²) < 4.78 is 1.60. The van der Waals surface area contributed by atoms with E-state index in [2.05, 4.69) is 20.8 Å². The fraction of sp³-hybridized carbons (Fsp3) is 0.429. The smallest absolute Gasteiger partial charge is 0.305 e. The molecule has 0 bridgehead atoms. The minimum Gasteiger partial charge on any atom is -0.481 e. The largest absolute Gasteiger partial charge is 0.481 e. The van der Waals surface area contributed by atoms with Crippen LogP contribution in [0.4, 0.5) is 5.95 Å². The molecule has 1 aromatic heterocycles. The zero-order chi connectivity index (χ0) is 14.7. The summed E-state index contributed by atoms with van der Waals surface area (Å²) in [4.78, 5) is 11.1. The number of nitrogens with zero attached hydrogens (tertiary/aromatic N) is 4. The summed E-state index contributed by atoms with van der Waals surface area (Å²) in [5.74, 6) is -0.313. The molecule has 110 valence electrons. The first-order valence-corrected chi connectivity index (χ1v) is 7.02. The maximum absolute atomic E-state index is 11.1. The Balaban J connectivity index is 1.88. The van der Waals surface area contributed by atoms with Crippen molar-refractivity contribution in [1.29, 1.82) is 0 Å². The van der Waals surface area contributed by atoms with Crippen LogP contribution in [-0.4, -0.2) is 36.8 Å². The minimum atomic E-state index is -0.803. The first kappa shape index (κ1) is 13.5. The summed E-state index contributed by atoms with van der Waals surface area (Å²) in [6.07, 6.45) is 3.76. The molecule has 2 N–H and O–H groups in total. The lowest BCUT2D eigenvalue weighted by Crippen LogP contribution is -2.38. The third-order valence-electron chi connectivity index (χ3n) is 3.90. The molecule has 0 unspecified atom stereocenters. The molecule has 1 aliphatic rings. The quantitative estimate of drug-likeness (QED) is 0.872. The van der Waals surface area contributed by atoms with Crippen LogP contribution in [0.1, 0.15) is 32.1 Å². The van der Waals surface area contributed by atoms with Crippen molar-refractivity contribution in [3.8, 4) is 5.69 Å². The van der Waals surface area contributed by atoms with Crippen LogP contribution in [-0.2, 0) is 4.79 Å². The molecule has 1 aliphatic carbocycles. The van der Waals surface area contributed by atoms with Crippen LogP contribution in [0, 0.1) is 0 Å². The minimum absolute atomic E-state index is 0.0780. The maximum atomic E-state index is 11.1. The lowest BCUT2D eigenvalue weighted by molar-refractivity contribution is -0.138. The molecule has 0 radical (unpaired) electrons. The van der Waals surface area contributed by atoms with Gasteiger partial charge in [0.15, 0.2) is 0 Å². The van der Waals surface area contributed by atoms with E-state index in [1.165, 1.54) is 0 Å². The normalized spacial score (nSPS) is 16.8. The Labute approximate surface area is 122 Å². The molecule has 1 saturated carbocycles. The van der Waals surface area contributed by atoms with E-state index in [-0.39, 0.29) is 6.42 Å². The summed E-state index contributed by atoms with van der Waals surface area (Å²) in [5.41, 5.74) is 0.390. The maximum Gasteiger partial charge on any atom is 0.305 e. The van der Waals surface area contributed by atoms with E-state index in [4.69, 9.17) is 5.11 Å². The van der Waals surface area contributed by atoms with Crippen LogP contribution in [0.15, 0.2) is 30.3 Å². The van der Waals surface area contributed by atoms with Crippen molar-refractivity contribution < 1.29 is 9.90 Å². The SMILES string of the molecule is O=C(O)CC1(Nc2nnnn2-c2ccccc2)CCCC1. The van der Waals surface area contributed by atoms with Crippen LogP contribution < -0.4 is 5.32 Å². The highest BCUT2D eigenvalue weighted by Crippen LogP contribution is 2.35. The number of rotatable bonds is 5. The molecule has 7 nitrogen and oxygen atoms in total. The highest BCUT2D eigenvalue weighted by Gasteiger charge is 2.37. The molecule has 1 fully saturated rings. The average molecular weight is 287 g/mol. The van der Waals surface area contributed by atoms with Crippen LogP contribution in [0.2, 0.25) is 0 Å². The number of tetrazole rings is 1. The Hall–Kier alpha value is -2.44. The number of aromatic nitrogens is 4. The van der Waals surface area contributed by atoms with Gasteiger partial charge in [-0.3, -0.25) is 4.79 Å². The highest BCUT2D eigenvalue weighted by atomic mass is 16.4. The van der Waals surface area contributed by atoms with Crippen molar-refractivity contribution in [2.45, 2.75) is 37.6 Å². The number of para-hydroxylation sites is 1. The number of anilines is 1. The topological polar surface area (TPSA) is 92.9 Å². The van der Waals surface area contributed by atoms with Gasteiger partial charge < -0.3 is 10.4 Å². The molecule has 3 rings (SSSR count). The number of carboxylic acids is 1. The first-order chi connectivity index (χ1) is 10.2. The van der Waals surface area contributed by atoms with Crippen molar-refractivity contribution >= 4 is 11.9 Å². The van der Waals surface area contributed by atoms with E-state index in [1.54, 1.807) is 4.68 Å². The Morgan fingerprint density at radius 3 is 2.67 bits per heavy atom. The Kier molecular flexibility index (Phi) is 3.55. The fourth-order valence-corrected chi connectivity index (χ4v) is 2.93. The van der Waals surface area contributed by atoms with Gasteiger partial charge in [-0.15, -0.1) is 0 Å². The van der Waals surface area contributed by atoms with Gasteiger partial charge in [0.05, 0.1) is 17.6 Å².